The Balaban J connectivity index is 1.77. The van der Waals surface area contributed by atoms with Crippen molar-refractivity contribution in [3.63, 3.8) is 0 Å². The van der Waals surface area contributed by atoms with Gasteiger partial charge >= 0.3 is 0 Å². The summed E-state index contributed by atoms with van der Waals surface area (Å²) >= 11 is 0. The summed E-state index contributed by atoms with van der Waals surface area (Å²) in [6.45, 7) is 5.09. The molecular formula is C19H33N3O4S2. The van der Waals surface area contributed by atoms with E-state index >= 15 is 0 Å². The fraction of sp³-hybridized carbons (Fsp3) is 0.684. The van der Waals surface area contributed by atoms with Crippen LogP contribution in [0.1, 0.15) is 52.4 Å². The summed E-state index contributed by atoms with van der Waals surface area (Å²) in [6.07, 6.45) is 5.17. The first-order valence-electron chi connectivity index (χ1n) is 10.1. The second kappa shape index (κ2) is 10.5. The monoisotopic (exact) mass is 431 g/mol. The molecule has 0 spiro atoms. The van der Waals surface area contributed by atoms with Gasteiger partial charge in [0, 0.05) is 25.3 Å². The molecule has 0 atom stereocenters. The van der Waals surface area contributed by atoms with E-state index < -0.39 is 25.3 Å². The van der Waals surface area contributed by atoms with Gasteiger partial charge in [-0.1, -0.05) is 18.9 Å². The summed E-state index contributed by atoms with van der Waals surface area (Å²) in [6, 6.07) is 7.54. The number of nitrogens with zero attached hydrogens (tertiary/aromatic N) is 1. The molecule has 7 nitrogen and oxygen atoms in total. The summed E-state index contributed by atoms with van der Waals surface area (Å²) in [5, 5.41) is 2.92. The molecule has 1 aromatic rings. The predicted octanol–water partition coefficient (Wildman–Crippen LogP) is 2.92. The second-order valence-corrected chi connectivity index (χ2v) is 11.8. The van der Waals surface area contributed by atoms with E-state index in [-0.39, 0.29) is 5.75 Å². The molecule has 1 aliphatic heterocycles. The molecule has 2 N–H and O–H groups in total. The van der Waals surface area contributed by atoms with Crippen LogP contribution in [0, 0.1) is 0 Å². The molecular weight excluding hydrogens is 398 g/mol. The predicted molar refractivity (Wildman–Crippen MR) is 116 cm³/mol. The zero-order valence-corrected chi connectivity index (χ0v) is 18.5. The van der Waals surface area contributed by atoms with Gasteiger partial charge in [-0.15, -0.1) is 0 Å². The minimum absolute atomic E-state index is 0.214. The second-order valence-electron chi connectivity index (χ2n) is 7.47. The van der Waals surface area contributed by atoms with Crippen molar-refractivity contribution >= 4 is 31.4 Å². The Bertz CT molecular complexity index is 823. The summed E-state index contributed by atoms with van der Waals surface area (Å²) in [5.74, 6) is 0.214. The third-order valence-corrected chi connectivity index (χ3v) is 8.56. The van der Waals surface area contributed by atoms with Crippen molar-refractivity contribution in [3.8, 4) is 0 Å². The van der Waals surface area contributed by atoms with Crippen LogP contribution in [-0.4, -0.2) is 47.5 Å². The molecule has 9 heteroatoms. The van der Waals surface area contributed by atoms with Gasteiger partial charge in [0.15, 0.2) is 0 Å². The first-order chi connectivity index (χ1) is 13.2. The third-order valence-electron chi connectivity index (χ3n) is 4.84. The lowest BCUT2D eigenvalue weighted by atomic mass is 10.2. The highest BCUT2D eigenvalue weighted by molar-refractivity contribution is 7.92. The smallest absolute Gasteiger partial charge is 0.235 e. The minimum Gasteiger partial charge on any atom is -0.385 e. The molecule has 28 heavy (non-hydrogen) atoms. The van der Waals surface area contributed by atoms with Gasteiger partial charge in [-0.3, -0.25) is 4.31 Å². The van der Waals surface area contributed by atoms with Gasteiger partial charge < -0.3 is 5.32 Å². The van der Waals surface area contributed by atoms with Crippen molar-refractivity contribution < 1.29 is 16.8 Å². The van der Waals surface area contributed by atoms with E-state index in [1.165, 1.54) is 4.31 Å². The first kappa shape index (κ1) is 23.0. The molecule has 0 amide bonds. The zero-order chi connectivity index (χ0) is 20.6. The average Bonchev–Trinajstić information content (AvgIpc) is 2.81. The van der Waals surface area contributed by atoms with Crippen LogP contribution >= 0.6 is 0 Å². The van der Waals surface area contributed by atoms with Crippen LogP contribution in [0.25, 0.3) is 0 Å². The Hall–Kier alpha value is -1.32. The number of hydrogen-bond donors (Lipinski definition) is 2. The molecule has 0 radical (unpaired) electrons. The Morgan fingerprint density at radius 3 is 2.57 bits per heavy atom. The maximum atomic E-state index is 12.4. The van der Waals surface area contributed by atoms with Crippen LogP contribution in [0.15, 0.2) is 24.3 Å². The van der Waals surface area contributed by atoms with E-state index in [0.717, 1.165) is 56.4 Å². The number of anilines is 2. The lowest BCUT2D eigenvalue weighted by Gasteiger charge is -2.22. The molecule has 0 aromatic heterocycles. The topological polar surface area (TPSA) is 95.6 Å². The maximum Gasteiger partial charge on any atom is 0.235 e. The largest absolute Gasteiger partial charge is 0.385 e. The molecule has 0 bridgehead atoms. The lowest BCUT2D eigenvalue weighted by molar-refractivity contribution is 0.566. The van der Waals surface area contributed by atoms with E-state index in [9.17, 15) is 16.8 Å². The Kier molecular flexibility index (Phi) is 8.57. The highest BCUT2D eigenvalue weighted by Gasteiger charge is 2.24. The van der Waals surface area contributed by atoms with Gasteiger partial charge in [-0.05, 0) is 57.7 Å². The van der Waals surface area contributed by atoms with Crippen molar-refractivity contribution in [1.82, 2.24) is 4.72 Å². The summed E-state index contributed by atoms with van der Waals surface area (Å²) in [4.78, 5) is 0. The van der Waals surface area contributed by atoms with E-state index in [2.05, 4.69) is 10.0 Å². The molecule has 1 fully saturated rings. The molecule has 1 aromatic carbocycles. The first-order valence-corrected chi connectivity index (χ1v) is 13.2. The van der Waals surface area contributed by atoms with Gasteiger partial charge in [-0.25, -0.2) is 21.6 Å². The van der Waals surface area contributed by atoms with E-state index in [1.54, 1.807) is 13.8 Å². The minimum atomic E-state index is -3.23. The van der Waals surface area contributed by atoms with Crippen molar-refractivity contribution in [2.24, 2.45) is 0 Å². The van der Waals surface area contributed by atoms with E-state index in [1.807, 2.05) is 24.3 Å². The fourth-order valence-corrected chi connectivity index (χ4v) is 5.46. The highest BCUT2D eigenvalue weighted by Crippen LogP contribution is 2.25. The van der Waals surface area contributed by atoms with Crippen LogP contribution in [0.4, 0.5) is 11.4 Å². The van der Waals surface area contributed by atoms with Crippen molar-refractivity contribution in [3.05, 3.63) is 24.3 Å². The number of rotatable bonds is 10. The Labute approximate surface area is 170 Å². The lowest BCUT2D eigenvalue weighted by Crippen LogP contribution is -2.32. The maximum absolute atomic E-state index is 12.4. The summed E-state index contributed by atoms with van der Waals surface area (Å²) < 4.78 is 52.4. The Morgan fingerprint density at radius 2 is 1.82 bits per heavy atom. The van der Waals surface area contributed by atoms with Crippen LogP contribution in [0.3, 0.4) is 0 Å². The van der Waals surface area contributed by atoms with Crippen LogP contribution in [0.5, 0.6) is 0 Å². The van der Waals surface area contributed by atoms with Gasteiger partial charge in [0.1, 0.15) is 0 Å². The van der Waals surface area contributed by atoms with Crippen molar-refractivity contribution in [1.29, 1.82) is 0 Å². The summed E-state index contributed by atoms with van der Waals surface area (Å²) in [5.41, 5.74) is 1.62. The molecule has 0 unspecified atom stereocenters. The van der Waals surface area contributed by atoms with E-state index in [0.29, 0.717) is 13.1 Å². The van der Waals surface area contributed by atoms with Gasteiger partial charge in [0.2, 0.25) is 20.0 Å². The fourth-order valence-electron chi connectivity index (χ4n) is 3.07. The van der Waals surface area contributed by atoms with Crippen LogP contribution < -0.4 is 14.3 Å². The summed E-state index contributed by atoms with van der Waals surface area (Å²) in [7, 11) is -6.42. The SMILES string of the molecule is CC(C)S(=O)(=O)NCCCCCNc1cccc(N2CCCCCS2(=O)=O)c1. The standard InChI is InChI=1S/C19H33N3O4S2/c1-17(2)28(25,26)21-13-6-3-5-12-20-18-10-9-11-19(16-18)22-14-7-4-8-15-27(22,23)24/h9-11,16-17,20-21H,3-8,12-15H2,1-2H3. The van der Waals surface area contributed by atoms with Crippen molar-refractivity contribution in [2.45, 2.75) is 57.6 Å². The molecule has 0 saturated carbocycles. The molecule has 2 rings (SSSR count). The molecule has 1 aliphatic rings. The number of nitrogens with one attached hydrogen (secondary N) is 2. The number of sulfonamides is 2. The average molecular weight is 432 g/mol. The molecule has 1 saturated heterocycles. The number of hydrogen-bond acceptors (Lipinski definition) is 5. The quantitative estimate of drug-likeness (QED) is 0.555. The highest BCUT2D eigenvalue weighted by atomic mass is 32.2. The van der Waals surface area contributed by atoms with E-state index in [4.69, 9.17) is 0 Å². The normalized spacial score (nSPS) is 17.5. The molecule has 0 aliphatic carbocycles. The number of unbranched alkanes of at least 4 members (excludes halogenated alkanes) is 2. The van der Waals surface area contributed by atoms with Gasteiger partial charge in [-0.2, -0.15) is 0 Å². The van der Waals surface area contributed by atoms with Crippen molar-refractivity contribution in [2.75, 3.05) is 35.0 Å². The van der Waals surface area contributed by atoms with Crippen LogP contribution in [-0.2, 0) is 20.0 Å². The third kappa shape index (κ3) is 6.93. The zero-order valence-electron chi connectivity index (χ0n) is 16.9. The van der Waals surface area contributed by atoms with Crippen LogP contribution in [0.2, 0.25) is 0 Å². The number of benzene rings is 1. The molecule has 160 valence electrons. The Morgan fingerprint density at radius 1 is 1.07 bits per heavy atom. The van der Waals surface area contributed by atoms with Gasteiger partial charge in [0.05, 0.1) is 16.7 Å². The van der Waals surface area contributed by atoms with Gasteiger partial charge in [0.25, 0.3) is 0 Å². The molecule has 1 heterocycles.